The van der Waals surface area contributed by atoms with Gasteiger partial charge in [0, 0.05) is 34.5 Å². The van der Waals surface area contributed by atoms with Crippen LogP contribution in [0.4, 0.5) is 0 Å². The molecule has 4 N–H and O–H groups in total. The van der Waals surface area contributed by atoms with Crippen LogP contribution in [-0.2, 0) is 12.8 Å². The van der Waals surface area contributed by atoms with Crippen LogP contribution in [0.5, 0.6) is 23.0 Å². The number of aromatic hydroxyl groups is 4. The van der Waals surface area contributed by atoms with E-state index in [4.69, 9.17) is 9.97 Å². The zero-order valence-electron chi connectivity index (χ0n) is 28.4. The molecule has 0 bridgehead atoms. The van der Waals surface area contributed by atoms with E-state index in [0.717, 1.165) is 40.6 Å². The van der Waals surface area contributed by atoms with Gasteiger partial charge in [0.25, 0.3) is 0 Å². The third-order valence-electron chi connectivity index (χ3n) is 9.07. The number of benzene rings is 5. The summed E-state index contributed by atoms with van der Waals surface area (Å²) in [6, 6.07) is 32.2. The van der Waals surface area contributed by atoms with Crippen molar-refractivity contribution in [3.05, 3.63) is 126 Å². The summed E-state index contributed by atoms with van der Waals surface area (Å²) in [5, 5.41) is 42.9. The fraction of sp³-hybridized carbons (Fsp3) is 0.143. The highest BCUT2D eigenvalue weighted by molar-refractivity contribution is 7.79. The van der Waals surface area contributed by atoms with Crippen LogP contribution in [0, 0.1) is 6.92 Å². The standard InChI is InChI=1S/C39H29N3O4.C2H6.CH4S/c1-22-35(43)37(45)33(38(46)36(22)44)27-9-6-8-26(19-27)23-13-15-24(16-14-23)28-20-40-39(41-21-28)42-32-12-5-4-11-30(32)31-18-17-25-7-2-3-10-29(25)34(31)42;2*1-2/h2-16,19-21,43-46H,17-18H2,1H3;1-2H3;2H,1H3. The lowest BCUT2D eigenvalue weighted by Gasteiger charge is -2.19. The first-order valence-electron chi connectivity index (χ1n) is 16.6. The molecule has 0 radical (unpaired) electrons. The molecule has 7 aromatic rings. The Morgan fingerprint density at radius 2 is 1.18 bits per heavy atom. The van der Waals surface area contributed by atoms with Crippen molar-refractivity contribution in [1.82, 2.24) is 14.5 Å². The highest BCUT2D eigenvalue weighted by atomic mass is 32.1. The zero-order chi connectivity index (χ0) is 35.5. The summed E-state index contributed by atoms with van der Waals surface area (Å²) in [6.07, 6.45) is 7.40. The number of phenolic OH excluding ortho intramolecular Hbond substituents is 4. The van der Waals surface area contributed by atoms with Gasteiger partial charge in [-0.15, -0.1) is 0 Å². The zero-order valence-corrected chi connectivity index (χ0v) is 29.3. The number of fused-ring (bicyclic) bond motifs is 5. The van der Waals surface area contributed by atoms with Crippen LogP contribution in [-0.4, -0.2) is 41.2 Å². The van der Waals surface area contributed by atoms with E-state index in [9.17, 15) is 20.4 Å². The second-order valence-corrected chi connectivity index (χ2v) is 11.7. The van der Waals surface area contributed by atoms with Gasteiger partial charge in [0.15, 0.2) is 23.0 Å². The van der Waals surface area contributed by atoms with Gasteiger partial charge in [-0.25, -0.2) is 9.97 Å². The average Bonchev–Trinajstić information content (AvgIpc) is 3.53. The molecule has 1 aliphatic carbocycles. The van der Waals surface area contributed by atoms with Crippen molar-refractivity contribution in [2.45, 2.75) is 33.6 Å². The van der Waals surface area contributed by atoms with Gasteiger partial charge >= 0.3 is 0 Å². The summed E-state index contributed by atoms with van der Waals surface area (Å²) >= 11 is 3.53. The van der Waals surface area contributed by atoms with E-state index in [1.54, 1.807) is 24.5 Å². The Morgan fingerprint density at radius 1 is 0.600 bits per heavy atom. The van der Waals surface area contributed by atoms with Crippen LogP contribution in [0.2, 0.25) is 0 Å². The number of phenols is 4. The van der Waals surface area contributed by atoms with Gasteiger partial charge in [0.2, 0.25) is 5.95 Å². The van der Waals surface area contributed by atoms with E-state index in [0.29, 0.717) is 11.5 Å². The Kier molecular flexibility index (Phi) is 9.83. The minimum Gasteiger partial charge on any atom is -0.504 e. The maximum atomic E-state index is 10.6. The molecule has 0 fully saturated rings. The molecule has 7 nitrogen and oxygen atoms in total. The number of thiol groups is 1. The second kappa shape index (κ2) is 14.4. The quantitative estimate of drug-likeness (QED) is 0.0719. The maximum Gasteiger partial charge on any atom is 0.234 e. The Morgan fingerprint density at radius 3 is 1.86 bits per heavy atom. The molecule has 0 saturated carbocycles. The lowest BCUT2D eigenvalue weighted by Crippen LogP contribution is -2.08. The molecule has 1 aliphatic rings. The summed E-state index contributed by atoms with van der Waals surface area (Å²) in [4.78, 5) is 9.71. The number of rotatable bonds is 4. The smallest absolute Gasteiger partial charge is 0.234 e. The van der Waals surface area contributed by atoms with Gasteiger partial charge in [-0.3, -0.25) is 4.57 Å². The third kappa shape index (κ3) is 5.81. The molecule has 8 rings (SSSR count). The van der Waals surface area contributed by atoms with E-state index in [1.807, 2.05) is 56.6 Å². The van der Waals surface area contributed by atoms with Crippen LogP contribution in [0.1, 0.15) is 30.5 Å². The largest absolute Gasteiger partial charge is 0.504 e. The first-order valence-corrected chi connectivity index (χ1v) is 17.5. The van der Waals surface area contributed by atoms with E-state index in [1.165, 1.54) is 34.7 Å². The predicted molar refractivity (Wildman–Crippen MR) is 206 cm³/mol. The number of nitrogens with zero attached hydrogens (tertiary/aromatic N) is 3. The molecule has 0 atom stereocenters. The Hall–Kier alpha value is -5.73. The average molecular weight is 682 g/mol. The molecule has 0 spiro atoms. The van der Waals surface area contributed by atoms with Crippen molar-refractivity contribution in [2.24, 2.45) is 0 Å². The molecular weight excluding hydrogens is 643 g/mol. The number of para-hydroxylation sites is 1. The van der Waals surface area contributed by atoms with Gasteiger partial charge in [-0.1, -0.05) is 98.8 Å². The third-order valence-corrected chi connectivity index (χ3v) is 9.07. The maximum absolute atomic E-state index is 10.6. The van der Waals surface area contributed by atoms with Crippen molar-refractivity contribution < 1.29 is 20.4 Å². The molecule has 50 heavy (non-hydrogen) atoms. The van der Waals surface area contributed by atoms with E-state index < -0.39 is 23.0 Å². The molecule has 0 aliphatic heterocycles. The summed E-state index contributed by atoms with van der Waals surface area (Å²) in [7, 11) is 0. The topological polar surface area (TPSA) is 112 Å². The van der Waals surface area contributed by atoms with Crippen LogP contribution in [0.25, 0.3) is 61.5 Å². The SMILES string of the molecule is CC.CS.Cc1c(O)c(O)c(-c2cccc(-c3ccc(-c4cnc(-n5c6c(c7ccccc75)CCc5ccccc5-6)nc4)cc3)c2)c(O)c1O. The van der Waals surface area contributed by atoms with Gasteiger partial charge in [0.05, 0.1) is 16.8 Å². The number of aromatic nitrogens is 3. The van der Waals surface area contributed by atoms with Crippen LogP contribution in [0.3, 0.4) is 0 Å². The first kappa shape index (κ1) is 34.1. The van der Waals surface area contributed by atoms with Gasteiger partial charge < -0.3 is 20.4 Å². The molecular formula is C42H39N3O4S. The Bertz CT molecular complexity index is 2280. The summed E-state index contributed by atoms with van der Waals surface area (Å²) < 4.78 is 2.19. The lowest BCUT2D eigenvalue weighted by molar-refractivity contribution is 0.371. The lowest BCUT2D eigenvalue weighted by atomic mass is 9.89. The summed E-state index contributed by atoms with van der Waals surface area (Å²) in [5.74, 6) is -1.28. The van der Waals surface area contributed by atoms with Gasteiger partial charge in [0.1, 0.15) is 0 Å². The van der Waals surface area contributed by atoms with Crippen molar-refractivity contribution in [2.75, 3.05) is 6.26 Å². The van der Waals surface area contributed by atoms with Crippen LogP contribution >= 0.6 is 12.6 Å². The molecule has 252 valence electrons. The first-order chi connectivity index (χ1) is 24.4. The fourth-order valence-corrected chi connectivity index (χ4v) is 6.66. The summed E-state index contributed by atoms with van der Waals surface area (Å²) in [5.41, 5.74) is 10.2. The van der Waals surface area contributed by atoms with E-state index in [-0.39, 0.29) is 11.1 Å². The van der Waals surface area contributed by atoms with E-state index in [2.05, 4.69) is 65.7 Å². The minimum absolute atomic E-state index is 0.00825. The predicted octanol–water partition coefficient (Wildman–Crippen LogP) is 9.89. The van der Waals surface area contributed by atoms with Crippen molar-refractivity contribution >= 4 is 23.5 Å². The van der Waals surface area contributed by atoms with Crippen molar-refractivity contribution in [1.29, 1.82) is 0 Å². The highest BCUT2D eigenvalue weighted by Gasteiger charge is 2.26. The molecule has 0 unspecified atom stereocenters. The highest BCUT2D eigenvalue weighted by Crippen LogP contribution is 2.51. The van der Waals surface area contributed by atoms with E-state index >= 15 is 0 Å². The van der Waals surface area contributed by atoms with Gasteiger partial charge in [-0.2, -0.15) is 12.6 Å². The molecule has 2 aromatic heterocycles. The van der Waals surface area contributed by atoms with Crippen molar-refractivity contribution in [3.8, 4) is 73.6 Å². The molecule has 8 heteroatoms. The number of hydrogen-bond donors (Lipinski definition) is 5. The van der Waals surface area contributed by atoms with Crippen LogP contribution < -0.4 is 0 Å². The monoisotopic (exact) mass is 681 g/mol. The van der Waals surface area contributed by atoms with Crippen LogP contribution in [0.15, 0.2) is 109 Å². The van der Waals surface area contributed by atoms with Gasteiger partial charge in [-0.05, 0) is 71.5 Å². The number of hydrogen-bond acceptors (Lipinski definition) is 7. The molecule has 0 saturated heterocycles. The number of aryl methyl sites for hydroxylation is 2. The molecule has 5 aromatic carbocycles. The Labute approximate surface area is 297 Å². The molecule has 0 amide bonds. The Balaban J connectivity index is 0.00000104. The van der Waals surface area contributed by atoms with Crippen molar-refractivity contribution in [3.63, 3.8) is 0 Å². The summed E-state index contributed by atoms with van der Waals surface area (Å²) in [6.45, 7) is 5.42. The fourth-order valence-electron chi connectivity index (χ4n) is 6.66. The normalized spacial score (nSPS) is 11.5. The molecule has 2 heterocycles. The second-order valence-electron chi connectivity index (χ2n) is 11.7. The minimum atomic E-state index is -0.485.